The third-order valence-electron chi connectivity index (χ3n) is 3.48. The van der Waals surface area contributed by atoms with Crippen molar-refractivity contribution in [1.82, 2.24) is 14.4 Å². The Labute approximate surface area is 105 Å². The van der Waals surface area contributed by atoms with E-state index in [9.17, 15) is 0 Å². The van der Waals surface area contributed by atoms with E-state index in [0.29, 0.717) is 18.3 Å². The Morgan fingerprint density at radius 1 is 1.50 bits per heavy atom. The largest absolute Gasteiger partial charge is 0.475 e. The molecule has 0 saturated heterocycles. The van der Waals surface area contributed by atoms with Crippen LogP contribution in [-0.4, -0.2) is 21.0 Å². The number of rotatable bonds is 5. The fraction of sp³-hybridized carbons (Fsp3) is 0.500. The smallest absolute Gasteiger partial charge is 0.260 e. The van der Waals surface area contributed by atoms with Crippen molar-refractivity contribution in [1.29, 1.82) is 0 Å². The van der Waals surface area contributed by atoms with Gasteiger partial charge >= 0.3 is 0 Å². The highest BCUT2D eigenvalue weighted by molar-refractivity contribution is 5.53. The van der Waals surface area contributed by atoms with E-state index in [1.165, 1.54) is 19.3 Å². The molecule has 0 amide bonds. The Balaban J connectivity index is 1.74. The zero-order valence-corrected chi connectivity index (χ0v) is 10.2. The van der Waals surface area contributed by atoms with Crippen LogP contribution in [0.5, 0.6) is 5.88 Å². The maximum absolute atomic E-state index is 5.74. The molecule has 2 aromatic heterocycles. The van der Waals surface area contributed by atoms with Crippen molar-refractivity contribution in [3.63, 3.8) is 0 Å². The van der Waals surface area contributed by atoms with E-state index in [1.807, 2.05) is 10.6 Å². The van der Waals surface area contributed by atoms with Crippen LogP contribution < -0.4 is 16.0 Å². The van der Waals surface area contributed by atoms with Crippen molar-refractivity contribution in [3.8, 4) is 5.88 Å². The van der Waals surface area contributed by atoms with Crippen LogP contribution in [0.3, 0.4) is 0 Å². The Morgan fingerprint density at radius 3 is 3.11 bits per heavy atom. The summed E-state index contributed by atoms with van der Waals surface area (Å²) in [7, 11) is 0. The lowest BCUT2D eigenvalue weighted by Crippen LogP contribution is -2.15. The fourth-order valence-electron chi connectivity index (χ4n) is 2.17. The molecule has 0 unspecified atom stereocenters. The molecule has 2 heterocycles. The zero-order valence-electron chi connectivity index (χ0n) is 10.2. The molecule has 0 spiro atoms. The standard InChI is InChI=1S/C12H17N5O/c13-16-10-8-17-6-5-14-11(17)12(15-10)18-7-4-9-2-1-3-9/h5-6,8-9,16H,1-4,7,13H2. The van der Waals surface area contributed by atoms with Crippen molar-refractivity contribution < 1.29 is 4.74 Å². The lowest BCUT2D eigenvalue weighted by atomic mass is 9.83. The number of nitrogens with two attached hydrogens (primary N) is 1. The van der Waals surface area contributed by atoms with E-state index in [-0.39, 0.29) is 0 Å². The predicted molar refractivity (Wildman–Crippen MR) is 68.3 cm³/mol. The van der Waals surface area contributed by atoms with Crippen LogP contribution in [0.2, 0.25) is 0 Å². The Hall–Kier alpha value is -1.82. The van der Waals surface area contributed by atoms with Gasteiger partial charge in [0.1, 0.15) is 0 Å². The first kappa shape index (κ1) is 11.3. The van der Waals surface area contributed by atoms with Gasteiger partial charge in [-0.05, 0) is 12.3 Å². The molecule has 1 aliphatic carbocycles. The minimum atomic E-state index is 0.537. The topological polar surface area (TPSA) is 77.5 Å². The van der Waals surface area contributed by atoms with Gasteiger partial charge in [0.2, 0.25) is 5.65 Å². The number of ether oxygens (including phenoxy) is 1. The van der Waals surface area contributed by atoms with Gasteiger partial charge in [-0.2, -0.15) is 4.98 Å². The van der Waals surface area contributed by atoms with Crippen molar-refractivity contribution in [3.05, 3.63) is 18.6 Å². The first-order valence-electron chi connectivity index (χ1n) is 6.30. The number of nitrogens with one attached hydrogen (secondary N) is 1. The summed E-state index contributed by atoms with van der Waals surface area (Å²) < 4.78 is 7.58. The molecule has 0 bridgehead atoms. The van der Waals surface area contributed by atoms with Crippen LogP contribution in [0.4, 0.5) is 5.82 Å². The first-order valence-corrected chi connectivity index (χ1v) is 6.30. The molecule has 6 heteroatoms. The SMILES string of the molecule is NNc1cn2ccnc2c(OCCC2CCC2)n1. The van der Waals surface area contributed by atoms with Gasteiger partial charge in [0.05, 0.1) is 12.8 Å². The summed E-state index contributed by atoms with van der Waals surface area (Å²) in [5.74, 6) is 7.32. The van der Waals surface area contributed by atoms with E-state index in [4.69, 9.17) is 10.6 Å². The monoisotopic (exact) mass is 247 g/mol. The number of fused-ring (bicyclic) bond motifs is 1. The van der Waals surface area contributed by atoms with Gasteiger partial charge in [0.25, 0.3) is 5.88 Å². The fourth-order valence-corrected chi connectivity index (χ4v) is 2.17. The van der Waals surface area contributed by atoms with Gasteiger partial charge in [-0.25, -0.2) is 10.8 Å². The summed E-state index contributed by atoms with van der Waals surface area (Å²) in [6, 6.07) is 0. The van der Waals surface area contributed by atoms with Crippen LogP contribution >= 0.6 is 0 Å². The molecule has 6 nitrogen and oxygen atoms in total. The molecule has 2 aromatic rings. The molecule has 3 N–H and O–H groups in total. The van der Waals surface area contributed by atoms with E-state index in [2.05, 4.69) is 15.4 Å². The third-order valence-corrected chi connectivity index (χ3v) is 3.48. The summed E-state index contributed by atoms with van der Waals surface area (Å²) in [6.45, 7) is 0.689. The highest BCUT2D eigenvalue weighted by atomic mass is 16.5. The molecule has 18 heavy (non-hydrogen) atoms. The third kappa shape index (κ3) is 2.11. The maximum atomic E-state index is 5.74. The second kappa shape index (κ2) is 4.81. The van der Waals surface area contributed by atoms with Gasteiger partial charge in [0, 0.05) is 12.4 Å². The number of imidazole rings is 1. The molecule has 96 valence electrons. The van der Waals surface area contributed by atoms with Crippen LogP contribution in [0.15, 0.2) is 18.6 Å². The number of hydrogen-bond donors (Lipinski definition) is 2. The predicted octanol–water partition coefficient (Wildman–Crippen LogP) is 1.58. The average molecular weight is 247 g/mol. The Morgan fingerprint density at radius 2 is 2.39 bits per heavy atom. The number of aromatic nitrogens is 3. The second-order valence-corrected chi connectivity index (χ2v) is 4.67. The molecule has 0 radical (unpaired) electrons. The quantitative estimate of drug-likeness (QED) is 0.619. The summed E-state index contributed by atoms with van der Waals surface area (Å²) in [5, 5.41) is 0. The van der Waals surface area contributed by atoms with Gasteiger partial charge in [-0.1, -0.05) is 19.3 Å². The van der Waals surface area contributed by atoms with Crippen LogP contribution in [0.1, 0.15) is 25.7 Å². The molecule has 1 aliphatic rings. The van der Waals surface area contributed by atoms with Crippen molar-refractivity contribution in [2.24, 2.45) is 11.8 Å². The van der Waals surface area contributed by atoms with E-state index >= 15 is 0 Å². The minimum Gasteiger partial charge on any atom is -0.475 e. The van der Waals surface area contributed by atoms with Gasteiger partial charge in [-0.3, -0.25) is 4.40 Å². The zero-order chi connectivity index (χ0) is 12.4. The number of nitrogen functional groups attached to an aromatic ring is 1. The highest BCUT2D eigenvalue weighted by Crippen LogP contribution is 2.29. The molecular weight excluding hydrogens is 230 g/mol. The van der Waals surface area contributed by atoms with Gasteiger partial charge < -0.3 is 10.2 Å². The van der Waals surface area contributed by atoms with Crippen LogP contribution in [-0.2, 0) is 0 Å². The normalized spacial score (nSPS) is 15.6. The van der Waals surface area contributed by atoms with Crippen molar-refractivity contribution in [2.45, 2.75) is 25.7 Å². The molecular formula is C12H17N5O. The lowest BCUT2D eigenvalue weighted by molar-refractivity contribution is 0.218. The number of nitrogens with zero attached hydrogens (tertiary/aromatic N) is 3. The summed E-state index contributed by atoms with van der Waals surface area (Å²) in [6.07, 6.45) is 10.5. The highest BCUT2D eigenvalue weighted by Gasteiger charge is 2.17. The van der Waals surface area contributed by atoms with Crippen molar-refractivity contribution >= 4 is 11.5 Å². The average Bonchev–Trinajstić information content (AvgIpc) is 2.80. The summed E-state index contributed by atoms with van der Waals surface area (Å²) in [4.78, 5) is 8.52. The Kier molecular flexibility index (Phi) is 3.02. The number of anilines is 1. The van der Waals surface area contributed by atoms with Crippen LogP contribution in [0, 0.1) is 5.92 Å². The van der Waals surface area contributed by atoms with Gasteiger partial charge in [0.15, 0.2) is 5.82 Å². The molecule has 0 atom stereocenters. The minimum absolute atomic E-state index is 0.537. The van der Waals surface area contributed by atoms with E-state index < -0.39 is 0 Å². The maximum Gasteiger partial charge on any atom is 0.260 e. The molecule has 1 fully saturated rings. The van der Waals surface area contributed by atoms with Crippen molar-refractivity contribution in [2.75, 3.05) is 12.0 Å². The molecule has 3 rings (SSSR count). The lowest BCUT2D eigenvalue weighted by Gasteiger charge is -2.24. The molecule has 1 saturated carbocycles. The second-order valence-electron chi connectivity index (χ2n) is 4.67. The van der Waals surface area contributed by atoms with E-state index in [0.717, 1.165) is 18.0 Å². The van der Waals surface area contributed by atoms with E-state index in [1.54, 1.807) is 12.4 Å². The van der Waals surface area contributed by atoms with Crippen LogP contribution in [0.25, 0.3) is 5.65 Å². The molecule has 0 aliphatic heterocycles. The first-order chi connectivity index (χ1) is 8.86. The number of hydrogen-bond acceptors (Lipinski definition) is 5. The Bertz CT molecular complexity index is 534. The molecule has 0 aromatic carbocycles. The summed E-state index contributed by atoms with van der Waals surface area (Å²) >= 11 is 0. The van der Waals surface area contributed by atoms with Gasteiger partial charge in [-0.15, -0.1) is 0 Å². The summed E-state index contributed by atoms with van der Waals surface area (Å²) in [5.41, 5.74) is 3.26. The number of hydrazine groups is 1.